The molecule has 14 heavy (non-hydrogen) atoms. The molecular weight excluding hydrogens is 242 g/mol. The molecule has 1 aromatic rings. The fourth-order valence-corrected chi connectivity index (χ4v) is 1.54. The highest BCUT2D eigenvalue weighted by atomic mass is 79.9. The third-order valence-electron chi connectivity index (χ3n) is 2.18. The molecule has 1 aromatic carbocycles. The van der Waals surface area contributed by atoms with Crippen molar-refractivity contribution in [2.75, 3.05) is 6.54 Å². The van der Waals surface area contributed by atoms with Gasteiger partial charge in [-0.05, 0) is 25.1 Å². The molecule has 1 unspecified atom stereocenters. The van der Waals surface area contributed by atoms with Crippen molar-refractivity contribution < 1.29 is 4.79 Å². The molecule has 0 heterocycles. The number of carbonyl (C=O) groups is 1. The second-order valence-corrected chi connectivity index (χ2v) is 4.27. The summed E-state index contributed by atoms with van der Waals surface area (Å²) < 4.78 is 0.987. The summed E-state index contributed by atoms with van der Waals surface area (Å²) >= 11 is 3.33. The third kappa shape index (κ3) is 2.93. The Bertz CT molecular complexity index is 308. The Labute approximate surface area is 92.6 Å². The number of ketones is 1. The first-order chi connectivity index (χ1) is 6.65. The lowest BCUT2D eigenvalue weighted by molar-refractivity contribution is 0.0925. The van der Waals surface area contributed by atoms with E-state index in [2.05, 4.69) is 15.9 Å². The van der Waals surface area contributed by atoms with Crippen molar-refractivity contribution in [1.82, 2.24) is 0 Å². The standard InChI is InChI=1S/C11H14BrNO/c1-8(6-7-13)11(14)9-2-4-10(12)5-3-9/h2-5,8H,6-7,13H2,1H3. The fourth-order valence-electron chi connectivity index (χ4n) is 1.28. The molecule has 76 valence electrons. The van der Waals surface area contributed by atoms with Crippen LogP contribution in [-0.2, 0) is 0 Å². The van der Waals surface area contributed by atoms with E-state index < -0.39 is 0 Å². The molecule has 0 aliphatic rings. The predicted octanol–water partition coefficient (Wildman–Crippen LogP) is 2.62. The first-order valence-electron chi connectivity index (χ1n) is 4.65. The van der Waals surface area contributed by atoms with Gasteiger partial charge in [0.2, 0.25) is 0 Å². The maximum Gasteiger partial charge on any atom is 0.165 e. The molecule has 1 rings (SSSR count). The summed E-state index contributed by atoms with van der Waals surface area (Å²) in [5, 5.41) is 0. The van der Waals surface area contributed by atoms with E-state index in [1.807, 2.05) is 31.2 Å². The van der Waals surface area contributed by atoms with Gasteiger partial charge in [-0.1, -0.05) is 35.0 Å². The van der Waals surface area contributed by atoms with Crippen LogP contribution in [0.15, 0.2) is 28.7 Å². The molecule has 0 aromatic heterocycles. The van der Waals surface area contributed by atoms with E-state index >= 15 is 0 Å². The molecule has 0 aliphatic carbocycles. The van der Waals surface area contributed by atoms with E-state index in [1.54, 1.807) is 0 Å². The predicted molar refractivity (Wildman–Crippen MR) is 61.3 cm³/mol. The van der Waals surface area contributed by atoms with Crippen molar-refractivity contribution >= 4 is 21.7 Å². The summed E-state index contributed by atoms with van der Waals surface area (Å²) in [6.07, 6.45) is 0.745. The van der Waals surface area contributed by atoms with E-state index in [0.29, 0.717) is 6.54 Å². The van der Waals surface area contributed by atoms with E-state index in [9.17, 15) is 4.79 Å². The van der Waals surface area contributed by atoms with Crippen LogP contribution in [0.1, 0.15) is 23.7 Å². The SMILES string of the molecule is CC(CCN)C(=O)c1ccc(Br)cc1. The average molecular weight is 256 g/mol. The maximum atomic E-state index is 11.8. The highest BCUT2D eigenvalue weighted by molar-refractivity contribution is 9.10. The van der Waals surface area contributed by atoms with Gasteiger partial charge in [0.05, 0.1) is 0 Å². The molecule has 0 aliphatic heterocycles. The van der Waals surface area contributed by atoms with Gasteiger partial charge in [-0.25, -0.2) is 0 Å². The first kappa shape index (κ1) is 11.4. The summed E-state index contributed by atoms with van der Waals surface area (Å²) in [4.78, 5) is 11.8. The number of rotatable bonds is 4. The van der Waals surface area contributed by atoms with E-state index in [1.165, 1.54) is 0 Å². The number of halogens is 1. The largest absolute Gasteiger partial charge is 0.330 e. The monoisotopic (exact) mass is 255 g/mol. The second-order valence-electron chi connectivity index (χ2n) is 3.35. The molecule has 0 spiro atoms. The van der Waals surface area contributed by atoms with E-state index in [-0.39, 0.29) is 11.7 Å². The van der Waals surface area contributed by atoms with Gasteiger partial charge in [0.15, 0.2) is 5.78 Å². The van der Waals surface area contributed by atoms with Gasteiger partial charge >= 0.3 is 0 Å². The van der Waals surface area contributed by atoms with Gasteiger partial charge in [-0.2, -0.15) is 0 Å². The average Bonchev–Trinajstić information content (AvgIpc) is 2.18. The Morgan fingerprint density at radius 3 is 2.50 bits per heavy atom. The molecule has 3 heteroatoms. The summed E-state index contributed by atoms with van der Waals surface area (Å²) in [5.41, 5.74) is 6.17. The summed E-state index contributed by atoms with van der Waals surface area (Å²) in [5.74, 6) is 0.184. The molecule has 2 N–H and O–H groups in total. The van der Waals surface area contributed by atoms with Gasteiger partial charge in [-0.15, -0.1) is 0 Å². The summed E-state index contributed by atoms with van der Waals surface area (Å²) in [6, 6.07) is 7.42. The lowest BCUT2D eigenvalue weighted by atomic mass is 9.97. The molecule has 0 bridgehead atoms. The zero-order valence-electron chi connectivity index (χ0n) is 8.16. The van der Waals surface area contributed by atoms with Crippen molar-refractivity contribution in [3.8, 4) is 0 Å². The highest BCUT2D eigenvalue weighted by Crippen LogP contribution is 2.15. The van der Waals surface area contributed by atoms with Crippen molar-refractivity contribution in [3.05, 3.63) is 34.3 Å². The number of hydrogen-bond donors (Lipinski definition) is 1. The van der Waals surface area contributed by atoms with Gasteiger partial charge in [0.25, 0.3) is 0 Å². The van der Waals surface area contributed by atoms with Gasteiger partial charge in [0.1, 0.15) is 0 Å². The van der Waals surface area contributed by atoms with Gasteiger partial charge in [0, 0.05) is 16.0 Å². The van der Waals surface area contributed by atoms with Crippen molar-refractivity contribution in [2.45, 2.75) is 13.3 Å². The molecule has 2 nitrogen and oxygen atoms in total. The maximum absolute atomic E-state index is 11.8. The lowest BCUT2D eigenvalue weighted by Crippen LogP contribution is -2.15. The van der Waals surface area contributed by atoms with Crippen LogP contribution in [0.3, 0.4) is 0 Å². The zero-order valence-corrected chi connectivity index (χ0v) is 9.75. The minimum atomic E-state index is 0.0150. The van der Waals surface area contributed by atoms with Crippen LogP contribution < -0.4 is 5.73 Å². The van der Waals surface area contributed by atoms with Crippen LogP contribution in [0.4, 0.5) is 0 Å². The number of nitrogens with two attached hydrogens (primary N) is 1. The highest BCUT2D eigenvalue weighted by Gasteiger charge is 2.13. The number of Topliss-reactive ketones (excluding diaryl/α,β-unsaturated/α-hetero) is 1. The van der Waals surface area contributed by atoms with Gasteiger partial charge in [-0.3, -0.25) is 4.79 Å². The smallest absolute Gasteiger partial charge is 0.165 e. The van der Waals surface area contributed by atoms with Crippen molar-refractivity contribution in [2.24, 2.45) is 11.7 Å². The fraction of sp³-hybridized carbons (Fsp3) is 0.364. The van der Waals surface area contributed by atoms with Crippen LogP contribution in [-0.4, -0.2) is 12.3 Å². The zero-order chi connectivity index (χ0) is 10.6. The normalized spacial score (nSPS) is 12.5. The first-order valence-corrected chi connectivity index (χ1v) is 5.44. The van der Waals surface area contributed by atoms with Crippen LogP contribution >= 0.6 is 15.9 Å². The van der Waals surface area contributed by atoms with E-state index in [4.69, 9.17) is 5.73 Å². The molecule has 1 atom stereocenters. The lowest BCUT2D eigenvalue weighted by Gasteiger charge is -2.08. The van der Waals surface area contributed by atoms with Crippen LogP contribution in [0.25, 0.3) is 0 Å². The second kappa shape index (κ2) is 5.27. The molecular formula is C11H14BrNO. The number of hydrogen-bond acceptors (Lipinski definition) is 2. The van der Waals surface area contributed by atoms with Crippen LogP contribution in [0.2, 0.25) is 0 Å². The minimum Gasteiger partial charge on any atom is -0.330 e. The van der Waals surface area contributed by atoms with Crippen LogP contribution in [0.5, 0.6) is 0 Å². The Kier molecular flexibility index (Phi) is 4.29. The summed E-state index contributed by atoms with van der Waals surface area (Å²) in [6.45, 7) is 2.47. The molecule has 0 fully saturated rings. The number of carbonyl (C=O) groups excluding carboxylic acids is 1. The summed E-state index contributed by atoms with van der Waals surface area (Å²) in [7, 11) is 0. The minimum absolute atomic E-state index is 0.0150. The Morgan fingerprint density at radius 2 is 2.00 bits per heavy atom. The molecule has 0 saturated carbocycles. The number of benzene rings is 1. The quantitative estimate of drug-likeness (QED) is 0.841. The molecule has 0 radical (unpaired) electrons. The van der Waals surface area contributed by atoms with Crippen molar-refractivity contribution in [3.63, 3.8) is 0 Å². The van der Waals surface area contributed by atoms with Gasteiger partial charge < -0.3 is 5.73 Å². The third-order valence-corrected chi connectivity index (χ3v) is 2.70. The van der Waals surface area contributed by atoms with E-state index in [0.717, 1.165) is 16.5 Å². The molecule has 0 saturated heterocycles. The topological polar surface area (TPSA) is 43.1 Å². The Hall–Kier alpha value is -0.670. The van der Waals surface area contributed by atoms with Crippen molar-refractivity contribution in [1.29, 1.82) is 0 Å². The van der Waals surface area contributed by atoms with Crippen LogP contribution in [0, 0.1) is 5.92 Å². The Morgan fingerprint density at radius 1 is 1.43 bits per heavy atom. The molecule has 0 amide bonds. The Balaban J connectivity index is 2.74.